The smallest absolute Gasteiger partial charge is 0.418 e. The zero-order valence-corrected chi connectivity index (χ0v) is 25.3. The van der Waals surface area contributed by atoms with E-state index in [-0.39, 0.29) is 16.8 Å². The lowest BCUT2D eigenvalue weighted by Crippen LogP contribution is -2.64. The van der Waals surface area contributed by atoms with Gasteiger partial charge in [-0.3, -0.25) is 14.4 Å². The molecule has 0 radical (unpaired) electrons. The fraction of sp³-hybridized carbons (Fsp3) is 0.433. The zero-order valence-electron chi connectivity index (χ0n) is 25.3. The van der Waals surface area contributed by atoms with Crippen LogP contribution in [0, 0.1) is 0 Å². The third-order valence-corrected chi connectivity index (χ3v) is 7.08. The van der Waals surface area contributed by atoms with Gasteiger partial charge in [0, 0.05) is 20.3 Å². The lowest BCUT2D eigenvalue weighted by molar-refractivity contribution is -0.146. The second kappa shape index (κ2) is 11.5. The van der Waals surface area contributed by atoms with Crippen LogP contribution in [0.25, 0.3) is 11.1 Å². The van der Waals surface area contributed by atoms with Crippen molar-refractivity contribution < 1.29 is 46.2 Å². The molecule has 0 saturated carbocycles. The number of hydrogen-bond donors (Lipinski definition) is 0. The Balaban J connectivity index is 1.86. The summed E-state index contributed by atoms with van der Waals surface area (Å²) in [5.74, 6) is -3.38. The molecule has 1 aromatic carbocycles. The highest BCUT2D eigenvalue weighted by atomic mass is 19.4. The van der Waals surface area contributed by atoms with Crippen LogP contribution in [0.5, 0.6) is 5.75 Å². The minimum Gasteiger partial charge on any atom is -0.484 e. The van der Waals surface area contributed by atoms with Gasteiger partial charge in [0.2, 0.25) is 11.7 Å². The van der Waals surface area contributed by atoms with Crippen LogP contribution in [0.15, 0.2) is 47.0 Å². The highest BCUT2D eigenvalue weighted by Gasteiger charge is 2.53. The predicted molar refractivity (Wildman–Crippen MR) is 151 cm³/mol. The number of likely N-dealkylation sites (N-methyl/N-ethyl adjacent to an activating group) is 1. The van der Waals surface area contributed by atoms with E-state index in [9.17, 15) is 32.3 Å². The molecule has 2 aromatic heterocycles. The maximum absolute atomic E-state index is 14.6. The summed E-state index contributed by atoms with van der Waals surface area (Å²) >= 11 is 0. The summed E-state index contributed by atoms with van der Waals surface area (Å²) in [5.41, 5.74) is -4.09. The van der Waals surface area contributed by atoms with E-state index in [1.54, 1.807) is 58.0 Å². The number of pyridine rings is 1. The van der Waals surface area contributed by atoms with E-state index >= 15 is 0 Å². The van der Waals surface area contributed by atoms with Crippen LogP contribution in [0.2, 0.25) is 0 Å². The predicted octanol–water partition coefficient (Wildman–Crippen LogP) is 5.05. The lowest BCUT2D eigenvalue weighted by Gasteiger charge is -2.41. The number of imide groups is 1. The molecule has 0 aliphatic carbocycles. The standard InChI is InChI=1S/C30H33F3N4O7/c1-17(18-11-9-8-10-12-18)37(27(41)44-28(2,3)4)26(40)29(5)16-42-23-22-20(13-19(14-34-22)30(31,32)33)43-24(23)25(39)36(29)15-21(38)35(6)7/h8-14,17H,15-16H2,1-7H3/t17-,29-/m1/s1. The van der Waals surface area contributed by atoms with Gasteiger partial charge < -0.3 is 23.7 Å². The number of fused-ring (bicyclic) bond motifs is 3. The van der Waals surface area contributed by atoms with Crippen LogP contribution in [0.1, 0.15) is 62.3 Å². The second-order valence-corrected chi connectivity index (χ2v) is 11.8. The number of amides is 4. The molecule has 236 valence electrons. The van der Waals surface area contributed by atoms with Crippen molar-refractivity contribution in [2.24, 2.45) is 0 Å². The van der Waals surface area contributed by atoms with Crippen molar-refractivity contribution in [1.29, 1.82) is 0 Å². The van der Waals surface area contributed by atoms with E-state index in [0.29, 0.717) is 17.8 Å². The Morgan fingerprint density at radius 3 is 2.34 bits per heavy atom. The fourth-order valence-electron chi connectivity index (χ4n) is 4.59. The molecule has 0 N–H and O–H groups in total. The second-order valence-electron chi connectivity index (χ2n) is 11.8. The highest BCUT2D eigenvalue weighted by Crippen LogP contribution is 2.40. The minimum absolute atomic E-state index is 0.182. The molecule has 0 spiro atoms. The molecule has 0 fully saturated rings. The molecule has 1 aliphatic heterocycles. The number of ether oxygens (including phenoxy) is 2. The van der Waals surface area contributed by atoms with E-state index in [1.165, 1.54) is 25.9 Å². The molecule has 2 atom stereocenters. The average Bonchev–Trinajstić information content (AvgIpc) is 3.26. The third kappa shape index (κ3) is 6.19. The summed E-state index contributed by atoms with van der Waals surface area (Å²) in [7, 11) is 2.89. The van der Waals surface area contributed by atoms with E-state index in [2.05, 4.69) is 4.98 Å². The molecule has 44 heavy (non-hydrogen) atoms. The van der Waals surface area contributed by atoms with Crippen LogP contribution in [0.4, 0.5) is 18.0 Å². The molecule has 0 bridgehead atoms. The van der Waals surface area contributed by atoms with Gasteiger partial charge in [-0.1, -0.05) is 30.3 Å². The Kier molecular flexibility index (Phi) is 8.42. The van der Waals surface area contributed by atoms with E-state index < -0.39 is 71.6 Å². The average molecular weight is 619 g/mol. The van der Waals surface area contributed by atoms with Crippen molar-refractivity contribution in [1.82, 2.24) is 19.7 Å². The molecule has 14 heteroatoms. The number of benzene rings is 1. The fourth-order valence-corrected chi connectivity index (χ4v) is 4.59. The van der Waals surface area contributed by atoms with Crippen molar-refractivity contribution in [3.63, 3.8) is 0 Å². The van der Waals surface area contributed by atoms with Crippen molar-refractivity contribution in [2.45, 2.75) is 58.0 Å². The molecular formula is C30H33F3N4O7. The van der Waals surface area contributed by atoms with Crippen molar-refractivity contribution in [3.8, 4) is 5.75 Å². The van der Waals surface area contributed by atoms with Gasteiger partial charge in [-0.05, 0) is 46.2 Å². The van der Waals surface area contributed by atoms with Crippen molar-refractivity contribution in [2.75, 3.05) is 27.2 Å². The normalized spacial score (nSPS) is 17.8. The van der Waals surface area contributed by atoms with Gasteiger partial charge >= 0.3 is 12.3 Å². The summed E-state index contributed by atoms with van der Waals surface area (Å²) in [6.45, 7) is 6.56. The number of halogens is 3. The number of carbonyl (C=O) groups is 4. The monoisotopic (exact) mass is 618 g/mol. The molecule has 11 nitrogen and oxygen atoms in total. The Bertz CT molecular complexity index is 1600. The summed E-state index contributed by atoms with van der Waals surface area (Å²) < 4.78 is 57.0. The lowest BCUT2D eigenvalue weighted by atomic mass is 9.96. The van der Waals surface area contributed by atoms with Crippen LogP contribution < -0.4 is 4.74 Å². The number of rotatable bonds is 5. The summed E-state index contributed by atoms with van der Waals surface area (Å²) in [6, 6.07) is 8.43. The first kappa shape index (κ1) is 32.3. The SMILES string of the molecule is C[C@H](c1ccccc1)N(C(=O)OC(C)(C)C)C(=O)[C@@]1(C)COc2c(oc3cc(C(F)(F)F)cnc23)C(=O)N1CC(=O)N(C)C. The zero-order chi connectivity index (χ0) is 32.8. The molecule has 3 aromatic rings. The Hall–Kier alpha value is -4.62. The molecule has 0 unspecified atom stereocenters. The minimum atomic E-state index is -4.73. The van der Waals surface area contributed by atoms with Gasteiger partial charge in [-0.15, -0.1) is 0 Å². The van der Waals surface area contributed by atoms with E-state index in [4.69, 9.17) is 13.9 Å². The summed E-state index contributed by atoms with van der Waals surface area (Å²) in [5, 5.41) is 0. The van der Waals surface area contributed by atoms with Gasteiger partial charge in [0.05, 0.1) is 11.6 Å². The maximum Gasteiger partial charge on any atom is 0.418 e. The quantitative estimate of drug-likeness (QED) is 0.389. The Labute approximate surface area is 251 Å². The number of alkyl halides is 3. The van der Waals surface area contributed by atoms with Crippen LogP contribution in [-0.4, -0.2) is 81.9 Å². The number of nitrogens with zero attached hydrogens (tertiary/aromatic N) is 4. The number of aromatic nitrogens is 1. The molecule has 3 heterocycles. The number of furan rings is 1. The highest BCUT2D eigenvalue weighted by molar-refractivity contribution is 6.07. The van der Waals surface area contributed by atoms with Crippen LogP contribution in [0.3, 0.4) is 0 Å². The van der Waals surface area contributed by atoms with Gasteiger partial charge in [0.1, 0.15) is 18.8 Å². The van der Waals surface area contributed by atoms with Crippen LogP contribution in [-0.2, 0) is 20.5 Å². The van der Waals surface area contributed by atoms with E-state index in [1.807, 2.05) is 0 Å². The Morgan fingerprint density at radius 2 is 1.77 bits per heavy atom. The van der Waals surface area contributed by atoms with Gasteiger partial charge in [-0.25, -0.2) is 14.7 Å². The first-order valence-corrected chi connectivity index (χ1v) is 13.6. The maximum atomic E-state index is 14.6. The first-order chi connectivity index (χ1) is 20.3. The van der Waals surface area contributed by atoms with Gasteiger partial charge in [-0.2, -0.15) is 13.2 Å². The third-order valence-electron chi connectivity index (χ3n) is 7.08. The van der Waals surface area contributed by atoms with Gasteiger partial charge in [0.25, 0.3) is 11.8 Å². The van der Waals surface area contributed by atoms with E-state index in [0.717, 1.165) is 9.80 Å². The summed E-state index contributed by atoms with van der Waals surface area (Å²) in [6.07, 6.45) is -5.16. The molecule has 4 amide bonds. The number of hydrogen-bond acceptors (Lipinski definition) is 8. The van der Waals surface area contributed by atoms with Crippen molar-refractivity contribution >= 4 is 34.9 Å². The first-order valence-electron chi connectivity index (χ1n) is 13.6. The van der Waals surface area contributed by atoms with Crippen LogP contribution >= 0.6 is 0 Å². The number of carbonyl (C=O) groups excluding carboxylic acids is 4. The van der Waals surface area contributed by atoms with Gasteiger partial charge in [0.15, 0.2) is 22.4 Å². The molecule has 0 saturated heterocycles. The molecule has 4 rings (SSSR count). The Morgan fingerprint density at radius 1 is 1.14 bits per heavy atom. The molecular weight excluding hydrogens is 585 g/mol. The van der Waals surface area contributed by atoms with Crippen molar-refractivity contribution in [3.05, 3.63) is 59.5 Å². The largest absolute Gasteiger partial charge is 0.484 e. The topological polar surface area (TPSA) is 122 Å². The summed E-state index contributed by atoms with van der Waals surface area (Å²) in [4.78, 5) is 62.0. The molecule has 1 aliphatic rings.